The standard InChI is InChI=1S/C11H17NS/c1-3-5-7-10(12-4-2)11-8-6-9-13-11/h3,6,8-10,12H,1,4-5,7H2,2H3. The molecule has 0 fully saturated rings. The van der Waals surface area contributed by atoms with Gasteiger partial charge in [-0.25, -0.2) is 0 Å². The monoisotopic (exact) mass is 195 g/mol. The Morgan fingerprint density at radius 1 is 1.69 bits per heavy atom. The first-order chi connectivity index (χ1) is 6.38. The van der Waals surface area contributed by atoms with Crippen molar-refractivity contribution in [1.82, 2.24) is 5.32 Å². The van der Waals surface area contributed by atoms with Crippen molar-refractivity contribution >= 4 is 11.3 Å². The molecule has 0 aliphatic heterocycles. The molecule has 1 aromatic heterocycles. The second-order valence-electron chi connectivity index (χ2n) is 2.99. The SMILES string of the molecule is C=CCCC(NCC)c1cccs1. The molecule has 0 aromatic carbocycles. The van der Waals surface area contributed by atoms with Crippen LogP contribution in [0.5, 0.6) is 0 Å². The molecule has 2 heteroatoms. The van der Waals surface area contributed by atoms with Crippen LogP contribution in [-0.2, 0) is 0 Å². The largest absolute Gasteiger partial charge is 0.310 e. The van der Waals surface area contributed by atoms with Crippen molar-refractivity contribution in [2.45, 2.75) is 25.8 Å². The van der Waals surface area contributed by atoms with Crippen molar-refractivity contribution in [3.8, 4) is 0 Å². The van der Waals surface area contributed by atoms with Gasteiger partial charge in [-0.2, -0.15) is 0 Å². The van der Waals surface area contributed by atoms with Crippen molar-refractivity contribution in [2.24, 2.45) is 0 Å². The highest BCUT2D eigenvalue weighted by atomic mass is 32.1. The van der Waals surface area contributed by atoms with Gasteiger partial charge in [-0.15, -0.1) is 17.9 Å². The van der Waals surface area contributed by atoms with Crippen LogP contribution in [-0.4, -0.2) is 6.54 Å². The number of allylic oxidation sites excluding steroid dienone is 1. The average Bonchev–Trinajstić information content (AvgIpc) is 2.65. The number of nitrogens with one attached hydrogen (secondary N) is 1. The zero-order valence-electron chi connectivity index (χ0n) is 8.12. The second-order valence-corrected chi connectivity index (χ2v) is 3.97. The normalized spacial score (nSPS) is 12.7. The molecule has 0 radical (unpaired) electrons. The van der Waals surface area contributed by atoms with Crippen LogP contribution in [0.2, 0.25) is 0 Å². The van der Waals surface area contributed by atoms with Gasteiger partial charge in [0.1, 0.15) is 0 Å². The van der Waals surface area contributed by atoms with E-state index in [1.807, 2.05) is 17.4 Å². The van der Waals surface area contributed by atoms with Gasteiger partial charge in [-0.05, 0) is 30.8 Å². The molecule has 0 aliphatic carbocycles. The summed E-state index contributed by atoms with van der Waals surface area (Å²) in [7, 11) is 0. The summed E-state index contributed by atoms with van der Waals surface area (Å²) in [6.45, 7) is 6.92. The minimum atomic E-state index is 0.517. The molecule has 0 bridgehead atoms. The van der Waals surface area contributed by atoms with Crippen molar-refractivity contribution in [3.63, 3.8) is 0 Å². The van der Waals surface area contributed by atoms with Gasteiger partial charge in [0.15, 0.2) is 0 Å². The third-order valence-electron chi connectivity index (χ3n) is 2.00. The molecule has 0 amide bonds. The lowest BCUT2D eigenvalue weighted by molar-refractivity contribution is 0.527. The lowest BCUT2D eigenvalue weighted by Crippen LogP contribution is -2.19. The Morgan fingerprint density at radius 2 is 2.54 bits per heavy atom. The summed E-state index contributed by atoms with van der Waals surface area (Å²) >= 11 is 1.82. The van der Waals surface area contributed by atoms with E-state index in [1.165, 1.54) is 4.88 Å². The molecule has 72 valence electrons. The highest BCUT2D eigenvalue weighted by Gasteiger charge is 2.09. The molecule has 1 rings (SSSR count). The Hall–Kier alpha value is -0.600. The van der Waals surface area contributed by atoms with Crippen LogP contribution in [0.25, 0.3) is 0 Å². The molecular formula is C11H17NS. The molecule has 0 spiro atoms. The van der Waals surface area contributed by atoms with Crippen LogP contribution in [0.4, 0.5) is 0 Å². The average molecular weight is 195 g/mol. The fourth-order valence-electron chi connectivity index (χ4n) is 1.37. The van der Waals surface area contributed by atoms with E-state index in [2.05, 4.69) is 36.3 Å². The molecule has 1 unspecified atom stereocenters. The van der Waals surface area contributed by atoms with Gasteiger partial charge in [0.2, 0.25) is 0 Å². The van der Waals surface area contributed by atoms with Crippen LogP contribution in [0.3, 0.4) is 0 Å². The van der Waals surface area contributed by atoms with Gasteiger partial charge in [-0.3, -0.25) is 0 Å². The lowest BCUT2D eigenvalue weighted by atomic mass is 10.1. The highest BCUT2D eigenvalue weighted by molar-refractivity contribution is 7.10. The van der Waals surface area contributed by atoms with Gasteiger partial charge >= 0.3 is 0 Å². The van der Waals surface area contributed by atoms with E-state index in [0.29, 0.717) is 6.04 Å². The lowest BCUT2D eigenvalue weighted by Gasteiger charge is -2.14. The van der Waals surface area contributed by atoms with Gasteiger partial charge in [0.25, 0.3) is 0 Å². The van der Waals surface area contributed by atoms with E-state index in [4.69, 9.17) is 0 Å². The summed E-state index contributed by atoms with van der Waals surface area (Å²) in [5.41, 5.74) is 0. The Bertz CT molecular complexity index is 228. The number of hydrogen-bond acceptors (Lipinski definition) is 2. The third-order valence-corrected chi connectivity index (χ3v) is 2.98. The second kappa shape index (κ2) is 5.95. The summed E-state index contributed by atoms with van der Waals surface area (Å²) in [5.74, 6) is 0. The summed E-state index contributed by atoms with van der Waals surface area (Å²) in [6.07, 6.45) is 4.21. The predicted molar refractivity (Wildman–Crippen MR) is 60.2 cm³/mol. The first kappa shape index (κ1) is 10.5. The maximum absolute atomic E-state index is 3.75. The highest BCUT2D eigenvalue weighted by Crippen LogP contribution is 2.22. The van der Waals surface area contributed by atoms with E-state index < -0.39 is 0 Å². The van der Waals surface area contributed by atoms with Crippen LogP contribution < -0.4 is 5.32 Å². The maximum atomic E-state index is 3.75. The minimum absolute atomic E-state index is 0.517. The molecule has 0 saturated carbocycles. The first-order valence-electron chi connectivity index (χ1n) is 4.76. The topological polar surface area (TPSA) is 12.0 Å². The summed E-state index contributed by atoms with van der Waals surface area (Å²) in [4.78, 5) is 1.43. The zero-order chi connectivity index (χ0) is 9.52. The molecule has 1 atom stereocenters. The van der Waals surface area contributed by atoms with Crippen molar-refractivity contribution in [2.75, 3.05) is 6.54 Å². The minimum Gasteiger partial charge on any atom is -0.310 e. The van der Waals surface area contributed by atoms with Gasteiger partial charge in [-0.1, -0.05) is 19.1 Å². The Labute approximate surface area is 84.5 Å². The first-order valence-corrected chi connectivity index (χ1v) is 5.64. The number of hydrogen-bond donors (Lipinski definition) is 1. The van der Waals surface area contributed by atoms with Crippen LogP contribution in [0.15, 0.2) is 30.2 Å². The van der Waals surface area contributed by atoms with Crippen LogP contribution in [0, 0.1) is 0 Å². The van der Waals surface area contributed by atoms with Crippen LogP contribution in [0.1, 0.15) is 30.7 Å². The van der Waals surface area contributed by atoms with E-state index in [1.54, 1.807) is 0 Å². The van der Waals surface area contributed by atoms with E-state index >= 15 is 0 Å². The zero-order valence-corrected chi connectivity index (χ0v) is 8.94. The van der Waals surface area contributed by atoms with Gasteiger partial charge in [0, 0.05) is 10.9 Å². The van der Waals surface area contributed by atoms with Crippen LogP contribution >= 0.6 is 11.3 Å². The molecule has 1 heterocycles. The summed E-state index contributed by atoms with van der Waals surface area (Å²) in [5, 5.41) is 5.61. The van der Waals surface area contributed by atoms with E-state index in [-0.39, 0.29) is 0 Å². The number of thiophene rings is 1. The molecule has 1 nitrogen and oxygen atoms in total. The van der Waals surface area contributed by atoms with E-state index in [9.17, 15) is 0 Å². The van der Waals surface area contributed by atoms with E-state index in [0.717, 1.165) is 19.4 Å². The summed E-state index contributed by atoms with van der Waals surface area (Å²) in [6, 6.07) is 4.82. The Morgan fingerprint density at radius 3 is 3.08 bits per heavy atom. The van der Waals surface area contributed by atoms with Gasteiger partial charge in [0.05, 0.1) is 0 Å². The van der Waals surface area contributed by atoms with Crippen molar-refractivity contribution in [3.05, 3.63) is 35.0 Å². The quantitative estimate of drug-likeness (QED) is 0.686. The molecule has 13 heavy (non-hydrogen) atoms. The molecule has 1 N–H and O–H groups in total. The fraction of sp³-hybridized carbons (Fsp3) is 0.455. The molecule has 0 saturated heterocycles. The molecule has 0 aliphatic rings. The van der Waals surface area contributed by atoms with Gasteiger partial charge < -0.3 is 5.32 Å². The molecule has 1 aromatic rings. The maximum Gasteiger partial charge on any atom is 0.0417 e. The van der Waals surface area contributed by atoms with Crippen molar-refractivity contribution < 1.29 is 0 Å². The predicted octanol–water partition coefficient (Wildman–Crippen LogP) is 3.36. The Balaban J connectivity index is 2.51. The fourth-order valence-corrected chi connectivity index (χ4v) is 2.20. The summed E-state index contributed by atoms with van der Waals surface area (Å²) < 4.78 is 0. The number of rotatable bonds is 6. The molecular weight excluding hydrogens is 178 g/mol. The van der Waals surface area contributed by atoms with Crippen molar-refractivity contribution in [1.29, 1.82) is 0 Å². The smallest absolute Gasteiger partial charge is 0.0417 e. The Kier molecular flexibility index (Phi) is 4.79. The third kappa shape index (κ3) is 3.33.